The standard InChI is InChI=1S/C14H20N2O2/c1-14(2)10-16(8-6-12(14)17)13(18)4-3-11-5-7-15-9-11/h5,7,9,15H,3-4,6,8,10H2,1-2H3. The number of likely N-dealkylation sites (tertiary alicyclic amines) is 1. The average molecular weight is 248 g/mol. The van der Waals surface area contributed by atoms with E-state index < -0.39 is 0 Å². The predicted octanol–water partition coefficient (Wildman–Crippen LogP) is 1.77. The predicted molar refractivity (Wildman–Crippen MR) is 69.1 cm³/mol. The van der Waals surface area contributed by atoms with Crippen LogP contribution in [0, 0.1) is 5.41 Å². The van der Waals surface area contributed by atoms with Crippen molar-refractivity contribution in [2.75, 3.05) is 13.1 Å². The van der Waals surface area contributed by atoms with E-state index in [1.807, 2.05) is 37.2 Å². The number of aromatic nitrogens is 1. The molecule has 1 aliphatic rings. The fraction of sp³-hybridized carbons (Fsp3) is 0.571. The van der Waals surface area contributed by atoms with Crippen LogP contribution in [0.25, 0.3) is 0 Å². The molecular weight excluding hydrogens is 228 g/mol. The maximum absolute atomic E-state index is 12.1. The number of nitrogens with one attached hydrogen (secondary N) is 1. The molecule has 1 saturated heterocycles. The molecule has 0 unspecified atom stereocenters. The number of aromatic amines is 1. The van der Waals surface area contributed by atoms with Crippen LogP contribution in [-0.4, -0.2) is 34.7 Å². The first-order valence-corrected chi connectivity index (χ1v) is 6.42. The topological polar surface area (TPSA) is 53.2 Å². The van der Waals surface area contributed by atoms with E-state index in [0.717, 1.165) is 12.0 Å². The number of carbonyl (C=O) groups is 2. The summed E-state index contributed by atoms with van der Waals surface area (Å²) in [6, 6.07) is 1.98. The zero-order chi connectivity index (χ0) is 13.2. The number of nitrogens with zero attached hydrogens (tertiary/aromatic N) is 1. The third-order valence-electron chi connectivity index (χ3n) is 3.59. The summed E-state index contributed by atoms with van der Waals surface area (Å²) in [5.41, 5.74) is 0.762. The fourth-order valence-electron chi connectivity index (χ4n) is 2.36. The van der Waals surface area contributed by atoms with E-state index in [9.17, 15) is 9.59 Å². The Hall–Kier alpha value is -1.58. The lowest BCUT2D eigenvalue weighted by Gasteiger charge is -2.36. The van der Waals surface area contributed by atoms with E-state index in [2.05, 4.69) is 4.98 Å². The molecular formula is C14H20N2O2. The molecule has 0 radical (unpaired) electrons. The lowest BCUT2D eigenvalue weighted by Crippen LogP contribution is -2.48. The van der Waals surface area contributed by atoms with Crippen LogP contribution in [0.3, 0.4) is 0 Å². The quantitative estimate of drug-likeness (QED) is 0.886. The Morgan fingerprint density at radius 1 is 1.50 bits per heavy atom. The molecule has 0 atom stereocenters. The second-order valence-corrected chi connectivity index (χ2v) is 5.59. The smallest absolute Gasteiger partial charge is 0.222 e. The molecule has 2 rings (SSSR count). The Labute approximate surface area is 107 Å². The Kier molecular flexibility index (Phi) is 3.55. The molecule has 1 N–H and O–H groups in total. The van der Waals surface area contributed by atoms with Gasteiger partial charge in [0.05, 0.1) is 0 Å². The Morgan fingerprint density at radius 2 is 2.28 bits per heavy atom. The number of rotatable bonds is 3. The van der Waals surface area contributed by atoms with E-state index in [1.165, 1.54) is 0 Å². The van der Waals surface area contributed by atoms with Gasteiger partial charge < -0.3 is 9.88 Å². The Balaban J connectivity index is 1.88. The number of aryl methyl sites for hydroxylation is 1. The molecule has 0 bridgehead atoms. The van der Waals surface area contributed by atoms with Gasteiger partial charge in [0.1, 0.15) is 5.78 Å². The van der Waals surface area contributed by atoms with Crippen molar-refractivity contribution in [1.82, 2.24) is 9.88 Å². The first kappa shape index (κ1) is 12.9. The summed E-state index contributed by atoms with van der Waals surface area (Å²) in [6.45, 7) is 4.97. The van der Waals surface area contributed by atoms with Crippen LogP contribution in [0.4, 0.5) is 0 Å². The highest BCUT2D eigenvalue weighted by Crippen LogP contribution is 2.25. The van der Waals surface area contributed by atoms with Gasteiger partial charge >= 0.3 is 0 Å². The molecule has 0 spiro atoms. The summed E-state index contributed by atoms with van der Waals surface area (Å²) in [5, 5.41) is 0. The molecule has 0 saturated carbocycles. The highest BCUT2D eigenvalue weighted by Gasteiger charge is 2.35. The van der Waals surface area contributed by atoms with Crippen LogP contribution in [0.5, 0.6) is 0 Å². The van der Waals surface area contributed by atoms with Gasteiger partial charge in [0.2, 0.25) is 5.91 Å². The van der Waals surface area contributed by atoms with Crippen LogP contribution in [0.1, 0.15) is 32.3 Å². The van der Waals surface area contributed by atoms with Crippen molar-refractivity contribution < 1.29 is 9.59 Å². The van der Waals surface area contributed by atoms with Gasteiger partial charge in [-0.05, 0) is 18.1 Å². The molecule has 98 valence electrons. The fourth-order valence-corrected chi connectivity index (χ4v) is 2.36. The van der Waals surface area contributed by atoms with Gasteiger partial charge in [0.25, 0.3) is 0 Å². The SMILES string of the molecule is CC1(C)CN(C(=O)CCc2cc[nH]c2)CCC1=O. The van der Waals surface area contributed by atoms with Gasteiger partial charge in [-0.25, -0.2) is 0 Å². The van der Waals surface area contributed by atoms with Gasteiger partial charge in [0.15, 0.2) is 0 Å². The van der Waals surface area contributed by atoms with E-state index in [1.54, 1.807) is 0 Å². The normalized spacial score (nSPS) is 19.0. The van der Waals surface area contributed by atoms with Gasteiger partial charge in [-0.1, -0.05) is 13.8 Å². The van der Waals surface area contributed by atoms with Crippen LogP contribution >= 0.6 is 0 Å². The summed E-state index contributed by atoms with van der Waals surface area (Å²) in [4.78, 5) is 28.6. The van der Waals surface area contributed by atoms with Crippen LogP contribution in [-0.2, 0) is 16.0 Å². The number of carbonyl (C=O) groups excluding carboxylic acids is 2. The molecule has 1 fully saturated rings. The molecule has 0 aromatic carbocycles. The summed E-state index contributed by atoms with van der Waals surface area (Å²) in [7, 11) is 0. The zero-order valence-corrected chi connectivity index (χ0v) is 11.0. The van der Waals surface area contributed by atoms with E-state index in [0.29, 0.717) is 25.9 Å². The van der Waals surface area contributed by atoms with E-state index >= 15 is 0 Å². The van der Waals surface area contributed by atoms with Crippen molar-refractivity contribution in [3.05, 3.63) is 24.0 Å². The minimum atomic E-state index is -0.387. The largest absolute Gasteiger partial charge is 0.367 e. The third kappa shape index (κ3) is 2.81. The van der Waals surface area contributed by atoms with E-state index in [4.69, 9.17) is 0 Å². The summed E-state index contributed by atoms with van der Waals surface area (Å²) >= 11 is 0. The molecule has 2 heterocycles. The summed E-state index contributed by atoms with van der Waals surface area (Å²) < 4.78 is 0. The maximum atomic E-state index is 12.1. The minimum absolute atomic E-state index is 0.150. The Morgan fingerprint density at radius 3 is 2.89 bits per heavy atom. The molecule has 4 heteroatoms. The first-order valence-electron chi connectivity index (χ1n) is 6.42. The van der Waals surface area contributed by atoms with Crippen molar-refractivity contribution in [3.63, 3.8) is 0 Å². The highest BCUT2D eigenvalue weighted by atomic mass is 16.2. The molecule has 0 aliphatic carbocycles. The molecule has 1 aromatic rings. The molecule has 4 nitrogen and oxygen atoms in total. The number of H-pyrrole nitrogens is 1. The van der Waals surface area contributed by atoms with E-state index in [-0.39, 0.29) is 17.1 Å². The number of amides is 1. The van der Waals surface area contributed by atoms with Crippen molar-refractivity contribution in [2.24, 2.45) is 5.41 Å². The monoisotopic (exact) mass is 248 g/mol. The van der Waals surface area contributed by atoms with Gasteiger partial charge in [0, 0.05) is 43.7 Å². The lowest BCUT2D eigenvalue weighted by atomic mass is 9.82. The number of piperidine rings is 1. The molecule has 1 amide bonds. The number of hydrogen-bond donors (Lipinski definition) is 1. The zero-order valence-electron chi connectivity index (χ0n) is 11.0. The first-order chi connectivity index (χ1) is 8.49. The van der Waals surface area contributed by atoms with Crippen molar-refractivity contribution in [3.8, 4) is 0 Å². The van der Waals surface area contributed by atoms with Crippen LogP contribution in [0.15, 0.2) is 18.5 Å². The molecule has 1 aromatic heterocycles. The summed E-state index contributed by atoms with van der Waals surface area (Å²) in [6.07, 6.45) is 5.54. The number of hydrogen-bond acceptors (Lipinski definition) is 2. The van der Waals surface area contributed by atoms with Gasteiger partial charge in [-0.15, -0.1) is 0 Å². The van der Waals surface area contributed by atoms with Crippen LogP contribution < -0.4 is 0 Å². The summed E-state index contributed by atoms with van der Waals surface area (Å²) in [5.74, 6) is 0.411. The van der Waals surface area contributed by atoms with Crippen molar-refractivity contribution in [2.45, 2.75) is 33.1 Å². The highest BCUT2D eigenvalue weighted by molar-refractivity contribution is 5.87. The van der Waals surface area contributed by atoms with Crippen molar-refractivity contribution in [1.29, 1.82) is 0 Å². The maximum Gasteiger partial charge on any atom is 0.222 e. The third-order valence-corrected chi connectivity index (χ3v) is 3.59. The molecule has 1 aliphatic heterocycles. The minimum Gasteiger partial charge on any atom is -0.367 e. The van der Waals surface area contributed by atoms with Crippen LogP contribution in [0.2, 0.25) is 0 Å². The second-order valence-electron chi connectivity index (χ2n) is 5.59. The van der Waals surface area contributed by atoms with Gasteiger partial charge in [-0.3, -0.25) is 9.59 Å². The average Bonchev–Trinajstić information content (AvgIpc) is 2.82. The number of ketones is 1. The van der Waals surface area contributed by atoms with Crippen molar-refractivity contribution >= 4 is 11.7 Å². The van der Waals surface area contributed by atoms with Gasteiger partial charge in [-0.2, -0.15) is 0 Å². The lowest BCUT2D eigenvalue weighted by molar-refractivity contribution is -0.140. The Bertz CT molecular complexity index is 435. The number of Topliss-reactive ketones (excluding diaryl/α,β-unsaturated/α-hetero) is 1. The second kappa shape index (κ2) is 4.96. The molecule has 18 heavy (non-hydrogen) atoms.